The quantitative estimate of drug-likeness (QED) is 0.633. The molecular weight excluding hydrogens is 298 g/mol. The van der Waals surface area contributed by atoms with Crippen LogP contribution in [0.15, 0.2) is 12.1 Å². The normalized spacial score (nSPS) is 20.1. The van der Waals surface area contributed by atoms with Gasteiger partial charge in [0.05, 0.1) is 17.0 Å². The molecule has 112 valence electrons. The minimum absolute atomic E-state index is 0.118. The number of amides is 1. The van der Waals surface area contributed by atoms with Gasteiger partial charge < -0.3 is 14.8 Å². The number of fused-ring (bicyclic) bond motifs is 1. The van der Waals surface area contributed by atoms with Crippen molar-refractivity contribution in [2.75, 3.05) is 30.2 Å². The first-order valence-electron chi connectivity index (χ1n) is 6.35. The number of rotatable bonds is 3. The molecule has 0 spiro atoms. The van der Waals surface area contributed by atoms with Crippen LogP contribution >= 0.6 is 11.8 Å². The van der Waals surface area contributed by atoms with E-state index in [1.54, 1.807) is 11.8 Å². The van der Waals surface area contributed by atoms with Crippen molar-refractivity contribution in [1.29, 1.82) is 0 Å². The predicted octanol–water partition coefficient (Wildman–Crippen LogP) is 0.967. The molecule has 3 rings (SSSR count). The summed E-state index contributed by atoms with van der Waals surface area (Å²) >= 11 is 1.60. The molecule has 1 unspecified atom stereocenters. The van der Waals surface area contributed by atoms with Crippen LogP contribution in [0.5, 0.6) is 11.5 Å². The summed E-state index contributed by atoms with van der Waals surface area (Å²) in [5, 5.41) is 16.8. The molecule has 1 aromatic carbocycles. The Hall–Kier alpha value is -2.00. The molecule has 2 aliphatic heterocycles. The first-order valence-corrected chi connectivity index (χ1v) is 7.50. The number of anilines is 1. The first-order chi connectivity index (χ1) is 10.1. The zero-order valence-electron chi connectivity index (χ0n) is 11.0. The molecule has 2 heterocycles. The molecule has 2 aliphatic rings. The lowest BCUT2D eigenvalue weighted by Crippen LogP contribution is -2.37. The predicted molar refractivity (Wildman–Crippen MR) is 77.0 cm³/mol. The van der Waals surface area contributed by atoms with Gasteiger partial charge in [0.15, 0.2) is 11.5 Å². The highest BCUT2D eigenvalue weighted by Crippen LogP contribution is 2.39. The van der Waals surface area contributed by atoms with Crippen LogP contribution in [0.1, 0.15) is 0 Å². The number of thioether (sulfide) groups is 1. The fraction of sp³-hybridized carbons (Fsp3) is 0.417. The second-order valence-electron chi connectivity index (χ2n) is 4.53. The van der Waals surface area contributed by atoms with Crippen molar-refractivity contribution >= 4 is 29.0 Å². The minimum atomic E-state index is -0.551. The fourth-order valence-corrected chi connectivity index (χ4v) is 3.05. The fourth-order valence-electron chi connectivity index (χ4n) is 2.11. The van der Waals surface area contributed by atoms with E-state index < -0.39 is 4.92 Å². The molecular formula is C12H13N3O5S. The molecule has 1 amide bonds. The van der Waals surface area contributed by atoms with Crippen molar-refractivity contribution in [3.63, 3.8) is 0 Å². The lowest BCUT2D eigenvalue weighted by molar-refractivity contribution is -0.384. The van der Waals surface area contributed by atoms with Crippen LogP contribution in [0.4, 0.5) is 11.4 Å². The van der Waals surface area contributed by atoms with Gasteiger partial charge in [0.1, 0.15) is 18.9 Å². The molecule has 1 fully saturated rings. The summed E-state index contributed by atoms with van der Waals surface area (Å²) in [7, 11) is 0. The van der Waals surface area contributed by atoms with Crippen LogP contribution in [0, 0.1) is 10.1 Å². The molecule has 1 saturated heterocycles. The smallest absolute Gasteiger partial charge is 0.296 e. The molecule has 0 bridgehead atoms. The van der Waals surface area contributed by atoms with Crippen molar-refractivity contribution < 1.29 is 19.2 Å². The lowest BCUT2D eigenvalue weighted by Gasteiger charge is -2.19. The van der Waals surface area contributed by atoms with E-state index in [1.165, 1.54) is 12.1 Å². The molecule has 2 N–H and O–H groups in total. The molecule has 8 nitrogen and oxygen atoms in total. The SMILES string of the molecule is O=C(Nc1cc2c(cc1[N+](=O)[O-])OCCO2)C1CSCN1. The Labute approximate surface area is 124 Å². The topological polar surface area (TPSA) is 103 Å². The number of nitro groups is 1. The van der Waals surface area contributed by atoms with E-state index in [-0.39, 0.29) is 23.3 Å². The summed E-state index contributed by atoms with van der Waals surface area (Å²) in [6.45, 7) is 0.720. The van der Waals surface area contributed by atoms with Gasteiger partial charge in [-0.3, -0.25) is 20.2 Å². The lowest BCUT2D eigenvalue weighted by atomic mass is 10.2. The maximum Gasteiger partial charge on any atom is 0.296 e. The Balaban J connectivity index is 1.88. The number of hydrogen-bond donors (Lipinski definition) is 2. The van der Waals surface area contributed by atoms with Gasteiger partial charge in [0.2, 0.25) is 5.91 Å². The monoisotopic (exact) mass is 311 g/mol. The summed E-state index contributed by atoms with van der Waals surface area (Å²) in [5.41, 5.74) is -0.0915. The average Bonchev–Trinajstić information content (AvgIpc) is 3.00. The third-order valence-corrected chi connectivity index (χ3v) is 4.09. The summed E-state index contributed by atoms with van der Waals surface area (Å²) in [5.74, 6) is 1.77. The Morgan fingerprint density at radius 3 is 2.71 bits per heavy atom. The van der Waals surface area contributed by atoms with Crippen molar-refractivity contribution in [3.05, 3.63) is 22.2 Å². The van der Waals surface area contributed by atoms with Gasteiger partial charge in [-0.05, 0) is 0 Å². The zero-order chi connectivity index (χ0) is 14.8. The number of nitrogens with one attached hydrogen (secondary N) is 2. The number of nitrogens with zero attached hydrogens (tertiary/aromatic N) is 1. The van der Waals surface area contributed by atoms with Crippen LogP contribution in [-0.2, 0) is 4.79 Å². The molecule has 1 atom stereocenters. The van der Waals surface area contributed by atoms with Gasteiger partial charge in [-0.1, -0.05) is 0 Å². The van der Waals surface area contributed by atoms with Crippen molar-refractivity contribution in [3.8, 4) is 11.5 Å². The second kappa shape index (κ2) is 5.78. The number of nitro benzene ring substituents is 1. The largest absolute Gasteiger partial charge is 0.486 e. The highest BCUT2D eigenvalue weighted by Gasteiger charge is 2.27. The number of carbonyl (C=O) groups is 1. The van der Waals surface area contributed by atoms with E-state index in [0.717, 1.165) is 0 Å². The third-order valence-electron chi connectivity index (χ3n) is 3.15. The van der Waals surface area contributed by atoms with E-state index in [4.69, 9.17) is 9.47 Å². The van der Waals surface area contributed by atoms with Gasteiger partial charge >= 0.3 is 0 Å². The first kappa shape index (κ1) is 14.0. The van der Waals surface area contributed by atoms with Gasteiger partial charge in [-0.25, -0.2) is 0 Å². The molecule has 0 aromatic heterocycles. The average molecular weight is 311 g/mol. The number of carbonyl (C=O) groups excluding carboxylic acids is 1. The van der Waals surface area contributed by atoms with Crippen LogP contribution in [-0.4, -0.2) is 41.7 Å². The van der Waals surface area contributed by atoms with E-state index in [1.807, 2.05) is 0 Å². The number of benzene rings is 1. The van der Waals surface area contributed by atoms with E-state index in [0.29, 0.717) is 36.3 Å². The molecule has 9 heteroatoms. The molecule has 21 heavy (non-hydrogen) atoms. The van der Waals surface area contributed by atoms with Crippen molar-refractivity contribution in [2.45, 2.75) is 6.04 Å². The summed E-state index contributed by atoms with van der Waals surface area (Å²) in [6, 6.07) is 2.37. The molecule has 1 aromatic rings. The van der Waals surface area contributed by atoms with Crippen LogP contribution in [0.2, 0.25) is 0 Å². The van der Waals surface area contributed by atoms with Gasteiger partial charge in [-0.2, -0.15) is 0 Å². The van der Waals surface area contributed by atoms with Gasteiger partial charge in [0.25, 0.3) is 5.69 Å². The van der Waals surface area contributed by atoms with Crippen molar-refractivity contribution in [1.82, 2.24) is 5.32 Å². The van der Waals surface area contributed by atoms with Crippen LogP contribution < -0.4 is 20.1 Å². The maximum atomic E-state index is 12.1. The van der Waals surface area contributed by atoms with Crippen LogP contribution in [0.25, 0.3) is 0 Å². The van der Waals surface area contributed by atoms with Crippen LogP contribution in [0.3, 0.4) is 0 Å². The Morgan fingerprint density at radius 2 is 2.10 bits per heavy atom. The second-order valence-corrected chi connectivity index (χ2v) is 5.56. The highest BCUT2D eigenvalue weighted by molar-refractivity contribution is 7.99. The van der Waals surface area contributed by atoms with Gasteiger partial charge in [-0.15, -0.1) is 11.8 Å². The standard InChI is InChI=1S/C12H13N3O5S/c16-12(8-5-21-6-13-8)14-7-3-10-11(20-2-1-19-10)4-9(7)15(17)18/h3-4,8,13H,1-2,5-6H2,(H,14,16). The summed E-state index contributed by atoms with van der Waals surface area (Å²) in [4.78, 5) is 22.7. The Kier molecular flexibility index (Phi) is 3.84. The molecule has 0 saturated carbocycles. The highest BCUT2D eigenvalue weighted by atomic mass is 32.2. The molecule has 0 aliphatic carbocycles. The minimum Gasteiger partial charge on any atom is -0.486 e. The zero-order valence-corrected chi connectivity index (χ0v) is 11.8. The Morgan fingerprint density at radius 1 is 1.38 bits per heavy atom. The number of hydrogen-bond acceptors (Lipinski definition) is 7. The molecule has 0 radical (unpaired) electrons. The summed E-state index contributed by atoms with van der Waals surface area (Å²) < 4.78 is 10.7. The number of ether oxygens (including phenoxy) is 2. The van der Waals surface area contributed by atoms with E-state index >= 15 is 0 Å². The Bertz CT molecular complexity index is 589. The van der Waals surface area contributed by atoms with E-state index in [9.17, 15) is 14.9 Å². The van der Waals surface area contributed by atoms with Gasteiger partial charge in [0, 0.05) is 17.7 Å². The third kappa shape index (κ3) is 2.88. The van der Waals surface area contributed by atoms with E-state index in [2.05, 4.69) is 10.6 Å². The summed E-state index contributed by atoms with van der Waals surface area (Å²) in [6.07, 6.45) is 0. The van der Waals surface area contributed by atoms with Crippen molar-refractivity contribution in [2.24, 2.45) is 0 Å². The maximum absolute atomic E-state index is 12.1.